The first kappa shape index (κ1) is 27.5. The highest BCUT2D eigenvalue weighted by molar-refractivity contribution is 5.69. The summed E-state index contributed by atoms with van der Waals surface area (Å²) in [4.78, 5) is 11.0. The molecule has 0 aliphatic heterocycles. The molecule has 0 saturated heterocycles. The molecule has 0 radical (unpaired) electrons. The second-order valence-corrected chi connectivity index (χ2v) is 8.95. The first-order valence-corrected chi connectivity index (χ1v) is 12.9. The maximum atomic E-state index is 11.0. The summed E-state index contributed by atoms with van der Waals surface area (Å²) in [6.07, 6.45) is 29.5. The number of carbonyl (C=O) groups is 1. The molecule has 0 aromatic carbocycles. The Morgan fingerprint density at radius 2 is 0.821 bits per heavy atom. The van der Waals surface area contributed by atoms with Gasteiger partial charge in [-0.25, -0.2) is 0 Å². The molecule has 0 aromatic rings. The first-order chi connectivity index (χ1) is 13.7. The van der Waals surface area contributed by atoms with E-state index in [2.05, 4.69) is 6.92 Å². The van der Waals surface area contributed by atoms with E-state index in [0.717, 1.165) is 19.3 Å². The largest absolute Gasteiger partial charge is 0.481 e. The third-order valence-corrected chi connectivity index (χ3v) is 6.25. The Morgan fingerprint density at radius 3 is 1.07 bits per heavy atom. The Hall–Kier alpha value is -0.530. The van der Waals surface area contributed by atoms with Gasteiger partial charge in [0.25, 0.3) is 0 Å². The van der Waals surface area contributed by atoms with E-state index in [1.807, 2.05) is 6.92 Å². The molecule has 1 unspecified atom stereocenters. The normalized spacial score (nSPS) is 12.4. The highest BCUT2D eigenvalue weighted by Gasteiger charge is 2.13. The van der Waals surface area contributed by atoms with Crippen LogP contribution in [0.15, 0.2) is 0 Å². The number of unbranched alkanes of at least 4 members (excludes halogenated alkanes) is 19. The van der Waals surface area contributed by atoms with E-state index in [9.17, 15) is 4.79 Å². The summed E-state index contributed by atoms with van der Waals surface area (Å²) in [7, 11) is 0. The average Bonchev–Trinajstić information content (AvgIpc) is 2.69. The Labute approximate surface area is 177 Å². The highest BCUT2D eigenvalue weighted by Crippen LogP contribution is 2.17. The molecule has 0 rings (SSSR count). The van der Waals surface area contributed by atoms with Crippen molar-refractivity contribution >= 4 is 5.97 Å². The lowest BCUT2D eigenvalue weighted by Crippen LogP contribution is -2.12. The molecule has 0 saturated carbocycles. The third-order valence-electron chi connectivity index (χ3n) is 6.25. The molecule has 0 aliphatic carbocycles. The van der Waals surface area contributed by atoms with Gasteiger partial charge in [-0.2, -0.15) is 0 Å². The Bertz CT molecular complexity index is 314. The van der Waals surface area contributed by atoms with E-state index >= 15 is 0 Å². The minimum absolute atomic E-state index is 0.115. The maximum absolute atomic E-state index is 11.0. The van der Waals surface area contributed by atoms with Crippen LogP contribution in [0, 0.1) is 5.92 Å². The van der Waals surface area contributed by atoms with E-state index in [-0.39, 0.29) is 5.92 Å². The van der Waals surface area contributed by atoms with Crippen LogP contribution in [-0.2, 0) is 4.79 Å². The molecular formula is C26H52O2. The van der Waals surface area contributed by atoms with Crippen LogP contribution in [-0.4, -0.2) is 11.1 Å². The van der Waals surface area contributed by atoms with Gasteiger partial charge >= 0.3 is 5.97 Å². The Morgan fingerprint density at radius 1 is 0.536 bits per heavy atom. The van der Waals surface area contributed by atoms with E-state index in [0.29, 0.717) is 0 Å². The van der Waals surface area contributed by atoms with Crippen LogP contribution in [0.25, 0.3) is 0 Å². The van der Waals surface area contributed by atoms with Crippen molar-refractivity contribution in [3.63, 3.8) is 0 Å². The van der Waals surface area contributed by atoms with Crippen LogP contribution in [0.5, 0.6) is 0 Å². The molecule has 1 N–H and O–H groups in total. The fourth-order valence-corrected chi connectivity index (χ4v) is 4.15. The summed E-state index contributed by atoms with van der Waals surface area (Å²) in [6.45, 7) is 4.27. The quantitative estimate of drug-likeness (QED) is 0.175. The minimum atomic E-state index is -0.611. The Balaban J connectivity index is 3.09. The van der Waals surface area contributed by atoms with Gasteiger partial charge in [-0.1, -0.05) is 142 Å². The molecule has 0 amide bonds. The molecule has 0 spiro atoms. The molecule has 28 heavy (non-hydrogen) atoms. The number of carboxylic acids is 1. The van der Waals surface area contributed by atoms with Crippen LogP contribution < -0.4 is 0 Å². The van der Waals surface area contributed by atoms with Crippen LogP contribution >= 0.6 is 0 Å². The first-order valence-electron chi connectivity index (χ1n) is 12.9. The number of carboxylic acid groups (broad SMARTS) is 1. The number of rotatable bonds is 23. The molecule has 168 valence electrons. The topological polar surface area (TPSA) is 37.3 Å². The zero-order valence-corrected chi connectivity index (χ0v) is 19.5. The molecule has 0 bridgehead atoms. The smallest absolute Gasteiger partial charge is 0.306 e. The van der Waals surface area contributed by atoms with E-state index in [1.54, 1.807) is 0 Å². The van der Waals surface area contributed by atoms with Gasteiger partial charge in [0.05, 0.1) is 5.92 Å². The summed E-state index contributed by atoms with van der Waals surface area (Å²) in [6, 6.07) is 0. The Kier molecular flexibility index (Phi) is 22.3. The van der Waals surface area contributed by atoms with Gasteiger partial charge in [-0.15, -0.1) is 0 Å². The van der Waals surface area contributed by atoms with Gasteiger partial charge < -0.3 is 5.11 Å². The number of hydrogen-bond donors (Lipinski definition) is 1. The molecule has 0 fully saturated rings. The number of hydrogen-bond acceptors (Lipinski definition) is 1. The molecular weight excluding hydrogens is 344 g/mol. The van der Waals surface area contributed by atoms with Gasteiger partial charge in [0, 0.05) is 0 Å². The SMILES string of the molecule is CCCCCCCCCCCCCCCCCCCCCCC(CC)C(=O)O. The standard InChI is InChI=1S/C26H52O2/c1-3-5-6-7-8-9-10-11-12-13-14-15-16-17-18-19-20-21-22-23-24-25(4-2)26(27)28/h25H,3-24H2,1-2H3,(H,27,28). The van der Waals surface area contributed by atoms with Crippen molar-refractivity contribution in [1.82, 2.24) is 0 Å². The van der Waals surface area contributed by atoms with Gasteiger partial charge in [-0.05, 0) is 12.8 Å². The fourth-order valence-electron chi connectivity index (χ4n) is 4.15. The monoisotopic (exact) mass is 396 g/mol. The van der Waals surface area contributed by atoms with E-state index in [4.69, 9.17) is 5.11 Å². The van der Waals surface area contributed by atoms with E-state index < -0.39 is 5.97 Å². The number of aliphatic carboxylic acids is 1. The summed E-state index contributed by atoms with van der Waals surface area (Å²) >= 11 is 0. The summed E-state index contributed by atoms with van der Waals surface area (Å²) in [5, 5.41) is 9.03. The maximum Gasteiger partial charge on any atom is 0.306 e. The molecule has 0 heterocycles. The van der Waals surface area contributed by atoms with Crippen molar-refractivity contribution in [1.29, 1.82) is 0 Å². The fraction of sp³-hybridized carbons (Fsp3) is 0.962. The van der Waals surface area contributed by atoms with Crippen molar-refractivity contribution in [3.05, 3.63) is 0 Å². The summed E-state index contributed by atoms with van der Waals surface area (Å²) in [5.74, 6) is -0.726. The predicted molar refractivity (Wildman–Crippen MR) is 124 cm³/mol. The van der Waals surface area contributed by atoms with Crippen LogP contribution in [0.1, 0.15) is 155 Å². The highest BCUT2D eigenvalue weighted by atomic mass is 16.4. The zero-order chi connectivity index (χ0) is 20.7. The van der Waals surface area contributed by atoms with Crippen molar-refractivity contribution in [3.8, 4) is 0 Å². The lowest BCUT2D eigenvalue weighted by Gasteiger charge is -2.08. The summed E-state index contributed by atoms with van der Waals surface area (Å²) in [5.41, 5.74) is 0. The lowest BCUT2D eigenvalue weighted by molar-refractivity contribution is -0.142. The van der Waals surface area contributed by atoms with Crippen molar-refractivity contribution < 1.29 is 9.90 Å². The molecule has 2 heteroatoms. The van der Waals surface area contributed by atoms with Gasteiger partial charge in [-0.3, -0.25) is 4.79 Å². The zero-order valence-electron chi connectivity index (χ0n) is 19.5. The molecule has 2 nitrogen and oxygen atoms in total. The van der Waals surface area contributed by atoms with Gasteiger partial charge in [0.1, 0.15) is 0 Å². The van der Waals surface area contributed by atoms with Crippen molar-refractivity contribution in [2.24, 2.45) is 5.92 Å². The van der Waals surface area contributed by atoms with E-state index in [1.165, 1.54) is 122 Å². The summed E-state index contributed by atoms with van der Waals surface area (Å²) < 4.78 is 0. The van der Waals surface area contributed by atoms with Gasteiger partial charge in [0.15, 0.2) is 0 Å². The third kappa shape index (κ3) is 20.2. The van der Waals surface area contributed by atoms with Crippen LogP contribution in [0.4, 0.5) is 0 Å². The van der Waals surface area contributed by atoms with Crippen molar-refractivity contribution in [2.45, 2.75) is 155 Å². The van der Waals surface area contributed by atoms with Crippen LogP contribution in [0.3, 0.4) is 0 Å². The van der Waals surface area contributed by atoms with Crippen LogP contribution in [0.2, 0.25) is 0 Å². The second kappa shape index (κ2) is 22.8. The molecule has 0 aromatic heterocycles. The molecule has 0 aliphatic rings. The lowest BCUT2D eigenvalue weighted by atomic mass is 9.98. The second-order valence-electron chi connectivity index (χ2n) is 8.95. The average molecular weight is 397 g/mol. The predicted octanol–water partition coefficient (Wildman–Crippen LogP) is 9.31. The van der Waals surface area contributed by atoms with Gasteiger partial charge in [0.2, 0.25) is 0 Å². The van der Waals surface area contributed by atoms with Crippen molar-refractivity contribution in [2.75, 3.05) is 0 Å². The molecule has 1 atom stereocenters. The minimum Gasteiger partial charge on any atom is -0.481 e.